The van der Waals surface area contributed by atoms with E-state index in [1.165, 1.54) is 0 Å². The van der Waals surface area contributed by atoms with Crippen LogP contribution in [0.15, 0.2) is 12.4 Å². The van der Waals surface area contributed by atoms with E-state index in [0.717, 1.165) is 24.9 Å². The van der Waals surface area contributed by atoms with Gasteiger partial charge in [-0.3, -0.25) is 14.7 Å². The fraction of sp³-hybridized carbons (Fsp3) is 0.722. The molecule has 1 aromatic heterocycles. The Balaban J connectivity index is 1.49. The Morgan fingerprint density at radius 3 is 2.72 bits per heavy atom. The lowest BCUT2D eigenvalue weighted by molar-refractivity contribution is -0.137. The third-order valence-corrected chi connectivity index (χ3v) is 5.45. The number of nitrogens with zero attached hydrogens (tertiary/aromatic N) is 2. The van der Waals surface area contributed by atoms with E-state index >= 15 is 0 Å². The number of H-pyrrole nitrogens is 1. The minimum absolute atomic E-state index is 0.0548. The molecule has 2 amide bonds. The van der Waals surface area contributed by atoms with Gasteiger partial charge >= 0.3 is 0 Å². The second kappa shape index (κ2) is 7.15. The zero-order valence-electron chi connectivity index (χ0n) is 15.2. The SMILES string of the molecule is CC1(C)CNC(=O)C2(CCN(C(=O)CCCc3cn[nH]c3)CC2)NC1. The van der Waals surface area contributed by atoms with Crippen molar-refractivity contribution in [1.82, 2.24) is 25.7 Å². The summed E-state index contributed by atoms with van der Waals surface area (Å²) in [5.41, 5.74) is 0.674. The third kappa shape index (κ3) is 4.21. The van der Waals surface area contributed by atoms with Crippen molar-refractivity contribution in [2.45, 2.75) is 51.5 Å². The molecule has 7 nitrogen and oxygen atoms in total. The zero-order chi connectivity index (χ0) is 17.9. The van der Waals surface area contributed by atoms with Gasteiger partial charge < -0.3 is 15.5 Å². The van der Waals surface area contributed by atoms with Gasteiger partial charge in [0, 0.05) is 38.8 Å². The molecular formula is C18H29N5O2. The van der Waals surface area contributed by atoms with E-state index < -0.39 is 5.54 Å². The maximum atomic E-state index is 12.6. The van der Waals surface area contributed by atoms with E-state index in [9.17, 15) is 9.59 Å². The molecule has 0 bridgehead atoms. The highest BCUT2D eigenvalue weighted by Crippen LogP contribution is 2.27. The van der Waals surface area contributed by atoms with Crippen LogP contribution < -0.4 is 10.6 Å². The van der Waals surface area contributed by atoms with Crippen molar-refractivity contribution in [3.63, 3.8) is 0 Å². The molecular weight excluding hydrogens is 318 g/mol. The van der Waals surface area contributed by atoms with Crippen LogP contribution in [0, 0.1) is 5.41 Å². The lowest BCUT2D eigenvalue weighted by Gasteiger charge is -2.40. The van der Waals surface area contributed by atoms with Crippen LogP contribution in [0.25, 0.3) is 0 Å². The minimum Gasteiger partial charge on any atom is -0.354 e. The Hall–Kier alpha value is -1.89. The number of hydrogen-bond acceptors (Lipinski definition) is 4. The first-order chi connectivity index (χ1) is 11.9. The maximum absolute atomic E-state index is 12.6. The maximum Gasteiger partial charge on any atom is 0.240 e. The highest BCUT2D eigenvalue weighted by molar-refractivity contribution is 5.87. The van der Waals surface area contributed by atoms with Gasteiger partial charge in [0.1, 0.15) is 5.54 Å². The number of amides is 2. The van der Waals surface area contributed by atoms with Gasteiger partial charge in [-0.1, -0.05) is 13.8 Å². The van der Waals surface area contributed by atoms with Crippen LogP contribution in [0.5, 0.6) is 0 Å². The summed E-state index contributed by atoms with van der Waals surface area (Å²) in [7, 11) is 0. The minimum atomic E-state index is -0.513. The molecule has 0 radical (unpaired) electrons. The average molecular weight is 347 g/mol. The lowest BCUT2D eigenvalue weighted by Crippen LogP contribution is -2.61. The van der Waals surface area contributed by atoms with Gasteiger partial charge in [-0.05, 0) is 36.7 Å². The predicted octanol–water partition coefficient (Wildman–Crippen LogP) is 0.839. The number of piperidine rings is 1. The molecule has 0 aliphatic carbocycles. The van der Waals surface area contributed by atoms with Crippen LogP contribution in [-0.4, -0.2) is 58.6 Å². The number of carbonyl (C=O) groups is 2. The summed E-state index contributed by atoms with van der Waals surface area (Å²) in [5.74, 6) is 0.276. The van der Waals surface area contributed by atoms with Crippen LogP contribution in [0.1, 0.15) is 45.1 Å². The zero-order valence-corrected chi connectivity index (χ0v) is 15.2. The summed E-state index contributed by atoms with van der Waals surface area (Å²) in [6.07, 6.45) is 7.27. The largest absolute Gasteiger partial charge is 0.354 e. The Labute approximate surface area is 148 Å². The summed E-state index contributed by atoms with van der Waals surface area (Å²) >= 11 is 0. The van der Waals surface area contributed by atoms with E-state index in [1.54, 1.807) is 6.20 Å². The number of carbonyl (C=O) groups excluding carboxylic acids is 2. The molecule has 7 heteroatoms. The van der Waals surface area contributed by atoms with Crippen LogP contribution in [0.4, 0.5) is 0 Å². The van der Waals surface area contributed by atoms with Crippen molar-refractivity contribution in [2.75, 3.05) is 26.2 Å². The van der Waals surface area contributed by atoms with Crippen molar-refractivity contribution >= 4 is 11.8 Å². The van der Waals surface area contributed by atoms with E-state index in [0.29, 0.717) is 38.9 Å². The third-order valence-electron chi connectivity index (χ3n) is 5.45. The highest BCUT2D eigenvalue weighted by atomic mass is 16.2. The standard InChI is InChI=1S/C18H29N5O2/c1-17(2)12-19-16(25)18(20-13-17)6-8-23(9-7-18)15(24)5-3-4-14-10-21-22-11-14/h10-11,20H,3-9,12-13H2,1-2H3,(H,19,25)(H,21,22). The summed E-state index contributed by atoms with van der Waals surface area (Å²) in [4.78, 5) is 26.9. The average Bonchev–Trinajstić information content (AvgIpc) is 3.08. The number of rotatable bonds is 4. The first kappa shape index (κ1) is 17.9. The molecule has 3 heterocycles. The number of aromatic amines is 1. The first-order valence-corrected chi connectivity index (χ1v) is 9.19. The number of aryl methyl sites for hydroxylation is 1. The fourth-order valence-electron chi connectivity index (χ4n) is 3.60. The van der Waals surface area contributed by atoms with E-state index in [2.05, 4.69) is 34.7 Å². The first-order valence-electron chi connectivity index (χ1n) is 9.19. The van der Waals surface area contributed by atoms with Gasteiger partial charge in [0.2, 0.25) is 11.8 Å². The smallest absolute Gasteiger partial charge is 0.240 e. The number of nitrogens with one attached hydrogen (secondary N) is 3. The molecule has 138 valence electrons. The van der Waals surface area contributed by atoms with Crippen molar-refractivity contribution < 1.29 is 9.59 Å². The van der Waals surface area contributed by atoms with Gasteiger partial charge in [0.25, 0.3) is 0 Å². The Morgan fingerprint density at radius 2 is 2.04 bits per heavy atom. The topological polar surface area (TPSA) is 90.1 Å². The molecule has 3 N–H and O–H groups in total. The van der Waals surface area contributed by atoms with Gasteiger partial charge in [0.15, 0.2) is 0 Å². The molecule has 1 spiro atoms. The highest BCUT2D eigenvalue weighted by Gasteiger charge is 2.44. The summed E-state index contributed by atoms with van der Waals surface area (Å²) in [5, 5.41) is 13.3. The summed E-state index contributed by atoms with van der Waals surface area (Å²) in [6.45, 7) is 7.09. The monoisotopic (exact) mass is 347 g/mol. The molecule has 25 heavy (non-hydrogen) atoms. The second-order valence-electron chi connectivity index (χ2n) is 8.12. The Morgan fingerprint density at radius 1 is 1.28 bits per heavy atom. The molecule has 2 aliphatic heterocycles. The molecule has 2 fully saturated rings. The van der Waals surface area contributed by atoms with Crippen molar-refractivity contribution in [1.29, 1.82) is 0 Å². The van der Waals surface area contributed by atoms with Crippen LogP contribution >= 0.6 is 0 Å². The molecule has 0 unspecified atom stereocenters. The van der Waals surface area contributed by atoms with E-state index in [-0.39, 0.29) is 17.2 Å². The van der Waals surface area contributed by atoms with E-state index in [4.69, 9.17) is 0 Å². The number of aromatic nitrogens is 2. The molecule has 1 aromatic rings. The molecule has 2 saturated heterocycles. The molecule has 0 saturated carbocycles. The number of hydrogen-bond donors (Lipinski definition) is 3. The second-order valence-corrected chi connectivity index (χ2v) is 8.12. The van der Waals surface area contributed by atoms with Crippen LogP contribution in [0.2, 0.25) is 0 Å². The lowest BCUT2D eigenvalue weighted by atomic mass is 9.86. The Kier molecular flexibility index (Phi) is 5.13. The van der Waals surface area contributed by atoms with Crippen molar-refractivity contribution in [3.05, 3.63) is 18.0 Å². The van der Waals surface area contributed by atoms with Crippen molar-refractivity contribution in [2.24, 2.45) is 5.41 Å². The Bertz CT molecular complexity index is 603. The van der Waals surface area contributed by atoms with E-state index in [1.807, 2.05) is 11.1 Å². The molecule has 2 aliphatic rings. The quantitative estimate of drug-likeness (QED) is 0.753. The number of likely N-dealkylation sites (tertiary alicyclic amines) is 1. The normalized spacial score (nSPS) is 22.5. The molecule has 0 aromatic carbocycles. The van der Waals surface area contributed by atoms with Crippen molar-refractivity contribution in [3.8, 4) is 0 Å². The predicted molar refractivity (Wildman–Crippen MR) is 94.9 cm³/mol. The summed E-state index contributed by atoms with van der Waals surface area (Å²) in [6, 6.07) is 0. The van der Waals surface area contributed by atoms with Crippen LogP contribution in [0.3, 0.4) is 0 Å². The van der Waals surface area contributed by atoms with Gasteiger partial charge in [-0.25, -0.2) is 0 Å². The van der Waals surface area contributed by atoms with Gasteiger partial charge in [-0.15, -0.1) is 0 Å². The molecule has 3 rings (SSSR count). The van der Waals surface area contributed by atoms with Gasteiger partial charge in [-0.2, -0.15) is 5.10 Å². The summed E-state index contributed by atoms with van der Waals surface area (Å²) < 4.78 is 0. The van der Waals surface area contributed by atoms with Crippen LogP contribution in [-0.2, 0) is 16.0 Å². The van der Waals surface area contributed by atoms with Gasteiger partial charge in [0.05, 0.1) is 6.20 Å². The molecule has 0 atom stereocenters. The fourth-order valence-corrected chi connectivity index (χ4v) is 3.60.